The van der Waals surface area contributed by atoms with Gasteiger partial charge in [0.2, 0.25) is 5.91 Å². The van der Waals surface area contributed by atoms with Crippen molar-refractivity contribution in [2.45, 2.75) is 47.1 Å². The second-order valence-electron chi connectivity index (χ2n) is 6.14. The topological polar surface area (TPSA) is 92.4 Å². The lowest BCUT2D eigenvalue weighted by Crippen LogP contribution is -2.43. The Morgan fingerprint density at radius 2 is 1.71 bits per heavy atom. The summed E-state index contributed by atoms with van der Waals surface area (Å²) in [6, 6.07) is -0.240. The Bertz CT molecular complexity index is 293. The first-order valence-electron chi connectivity index (χ1n) is 5.72. The van der Waals surface area contributed by atoms with Crippen LogP contribution in [0.3, 0.4) is 0 Å². The van der Waals surface area contributed by atoms with E-state index in [1.807, 2.05) is 20.8 Å². The summed E-state index contributed by atoms with van der Waals surface area (Å²) < 4.78 is 0. The Labute approximate surface area is 103 Å². The first kappa shape index (κ1) is 15.9. The molecule has 1 atom stereocenters. The number of carboxylic acids is 1. The standard InChI is InChI=1S/C12H24N2O3/c1-11(2,3)8(13)6-9(15)14-7-12(4,5)10(16)17/h8H,6-7,13H2,1-5H3,(H,14,15)(H,16,17). The fraction of sp³-hybridized carbons (Fsp3) is 0.833. The van der Waals surface area contributed by atoms with E-state index in [4.69, 9.17) is 10.8 Å². The van der Waals surface area contributed by atoms with Crippen molar-refractivity contribution in [3.8, 4) is 0 Å². The van der Waals surface area contributed by atoms with Crippen LogP contribution in [0.5, 0.6) is 0 Å². The number of rotatable bonds is 5. The van der Waals surface area contributed by atoms with E-state index >= 15 is 0 Å². The Morgan fingerprint density at radius 1 is 1.24 bits per heavy atom. The molecule has 0 heterocycles. The largest absolute Gasteiger partial charge is 0.481 e. The van der Waals surface area contributed by atoms with Gasteiger partial charge in [0.05, 0.1) is 5.41 Å². The van der Waals surface area contributed by atoms with E-state index in [2.05, 4.69) is 5.32 Å². The van der Waals surface area contributed by atoms with Crippen molar-refractivity contribution in [1.29, 1.82) is 0 Å². The van der Waals surface area contributed by atoms with E-state index < -0.39 is 11.4 Å². The second-order valence-corrected chi connectivity index (χ2v) is 6.14. The van der Waals surface area contributed by atoms with Crippen molar-refractivity contribution in [3.05, 3.63) is 0 Å². The molecular weight excluding hydrogens is 220 g/mol. The minimum Gasteiger partial charge on any atom is -0.481 e. The van der Waals surface area contributed by atoms with Gasteiger partial charge in [0.25, 0.3) is 0 Å². The summed E-state index contributed by atoms with van der Waals surface area (Å²) in [6.07, 6.45) is 0.208. The van der Waals surface area contributed by atoms with Crippen LogP contribution in [-0.2, 0) is 9.59 Å². The predicted molar refractivity (Wildman–Crippen MR) is 66.5 cm³/mol. The maximum absolute atomic E-state index is 11.6. The highest BCUT2D eigenvalue weighted by molar-refractivity contribution is 5.79. The molecule has 1 unspecified atom stereocenters. The van der Waals surface area contributed by atoms with Crippen LogP contribution >= 0.6 is 0 Å². The summed E-state index contributed by atoms with van der Waals surface area (Å²) in [5.74, 6) is -1.14. The summed E-state index contributed by atoms with van der Waals surface area (Å²) in [5.41, 5.74) is 4.78. The lowest BCUT2D eigenvalue weighted by atomic mass is 9.85. The molecule has 1 amide bonds. The molecule has 0 radical (unpaired) electrons. The lowest BCUT2D eigenvalue weighted by Gasteiger charge is -2.27. The molecule has 0 saturated carbocycles. The summed E-state index contributed by atoms with van der Waals surface area (Å²) in [5, 5.41) is 11.5. The molecule has 0 rings (SSSR count). The molecule has 0 fully saturated rings. The molecular formula is C12H24N2O3. The van der Waals surface area contributed by atoms with Crippen molar-refractivity contribution in [3.63, 3.8) is 0 Å². The third-order valence-electron chi connectivity index (χ3n) is 2.82. The van der Waals surface area contributed by atoms with Crippen LogP contribution in [-0.4, -0.2) is 29.6 Å². The molecule has 17 heavy (non-hydrogen) atoms. The van der Waals surface area contributed by atoms with Gasteiger partial charge in [-0.05, 0) is 19.3 Å². The van der Waals surface area contributed by atoms with Crippen LogP contribution in [0.15, 0.2) is 0 Å². The van der Waals surface area contributed by atoms with Crippen LogP contribution in [0.25, 0.3) is 0 Å². The molecule has 0 aromatic carbocycles. The minimum absolute atomic E-state index is 0.109. The van der Waals surface area contributed by atoms with E-state index in [1.165, 1.54) is 0 Å². The fourth-order valence-corrected chi connectivity index (χ4v) is 0.973. The first-order chi connectivity index (χ1) is 7.47. The number of hydrogen-bond acceptors (Lipinski definition) is 3. The SMILES string of the molecule is CC(C)(CNC(=O)CC(N)C(C)(C)C)C(=O)O. The number of nitrogens with one attached hydrogen (secondary N) is 1. The Hall–Kier alpha value is -1.10. The average Bonchev–Trinajstić information content (AvgIpc) is 2.13. The van der Waals surface area contributed by atoms with E-state index in [9.17, 15) is 9.59 Å². The van der Waals surface area contributed by atoms with Crippen LogP contribution in [0.2, 0.25) is 0 Å². The van der Waals surface area contributed by atoms with Gasteiger partial charge < -0.3 is 16.2 Å². The number of carboxylic acid groups (broad SMARTS) is 1. The number of aliphatic carboxylic acids is 1. The molecule has 100 valence electrons. The Kier molecular flexibility index (Phi) is 5.13. The van der Waals surface area contributed by atoms with Crippen LogP contribution < -0.4 is 11.1 Å². The van der Waals surface area contributed by atoms with Crippen LogP contribution in [0.1, 0.15) is 41.0 Å². The molecule has 0 aromatic heterocycles. The second kappa shape index (κ2) is 5.49. The number of carbonyl (C=O) groups is 2. The first-order valence-corrected chi connectivity index (χ1v) is 5.72. The summed E-state index contributed by atoms with van der Waals surface area (Å²) >= 11 is 0. The number of hydrogen-bond donors (Lipinski definition) is 3. The van der Waals surface area contributed by atoms with Crippen LogP contribution in [0.4, 0.5) is 0 Å². The highest BCUT2D eigenvalue weighted by Crippen LogP contribution is 2.19. The van der Waals surface area contributed by atoms with Crippen molar-refractivity contribution in [2.75, 3.05) is 6.54 Å². The monoisotopic (exact) mass is 244 g/mol. The van der Waals surface area contributed by atoms with Gasteiger partial charge in [0, 0.05) is 19.0 Å². The molecule has 0 spiro atoms. The quantitative estimate of drug-likeness (QED) is 0.672. The van der Waals surface area contributed by atoms with E-state index in [1.54, 1.807) is 13.8 Å². The van der Waals surface area contributed by atoms with Gasteiger partial charge >= 0.3 is 5.97 Å². The van der Waals surface area contributed by atoms with E-state index in [-0.39, 0.29) is 30.3 Å². The maximum Gasteiger partial charge on any atom is 0.310 e. The lowest BCUT2D eigenvalue weighted by molar-refractivity contribution is -0.146. The Morgan fingerprint density at radius 3 is 2.06 bits per heavy atom. The fourth-order valence-electron chi connectivity index (χ4n) is 0.973. The molecule has 0 saturated heterocycles. The third kappa shape index (κ3) is 5.68. The molecule has 5 heteroatoms. The number of carbonyl (C=O) groups excluding carboxylic acids is 1. The van der Waals surface area contributed by atoms with Crippen molar-refractivity contribution >= 4 is 11.9 Å². The Balaban J connectivity index is 4.18. The highest BCUT2D eigenvalue weighted by atomic mass is 16.4. The van der Waals surface area contributed by atoms with Gasteiger partial charge in [-0.25, -0.2) is 0 Å². The number of nitrogens with two attached hydrogens (primary N) is 1. The van der Waals surface area contributed by atoms with Gasteiger partial charge in [0.15, 0.2) is 0 Å². The van der Waals surface area contributed by atoms with Crippen LogP contribution in [0, 0.1) is 10.8 Å². The van der Waals surface area contributed by atoms with Crippen molar-refractivity contribution in [2.24, 2.45) is 16.6 Å². The third-order valence-corrected chi connectivity index (χ3v) is 2.82. The minimum atomic E-state index is -0.957. The van der Waals surface area contributed by atoms with Gasteiger partial charge in [-0.2, -0.15) is 0 Å². The molecule has 0 aliphatic rings. The van der Waals surface area contributed by atoms with Gasteiger partial charge in [-0.15, -0.1) is 0 Å². The molecule has 5 nitrogen and oxygen atoms in total. The van der Waals surface area contributed by atoms with Crippen molar-refractivity contribution < 1.29 is 14.7 Å². The molecule has 0 aliphatic carbocycles. The summed E-state index contributed by atoms with van der Waals surface area (Å²) in [4.78, 5) is 22.4. The van der Waals surface area contributed by atoms with E-state index in [0.717, 1.165) is 0 Å². The molecule has 0 bridgehead atoms. The normalized spacial score (nSPS) is 14.2. The van der Waals surface area contributed by atoms with E-state index in [0.29, 0.717) is 0 Å². The number of amides is 1. The average molecular weight is 244 g/mol. The molecule has 0 aromatic rings. The zero-order valence-corrected chi connectivity index (χ0v) is 11.3. The highest BCUT2D eigenvalue weighted by Gasteiger charge is 2.28. The molecule has 0 aliphatic heterocycles. The molecule has 4 N–H and O–H groups in total. The van der Waals surface area contributed by atoms with Gasteiger partial charge in [-0.1, -0.05) is 20.8 Å². The summed E-state index contributed by atoms with van der Waals surface area (Å²) in [7, 11) is 0. The summed E-state index contributed by atoms with van der Waals surface area (Å²) in [6.45, 7) is 9.14. The maximum atomic E-state index is 11.6. The zero-order chi connectivity index (χ0) is 13.9. The zero-order valence-electron chi connectivity index (χ0n) is 11.3. The van der Waals surface area contributed by atoms with Gasteiger partial charge in [0.1, 0.15) is 0 Å². The smallest absolute Gasteiger partial charge is 0.310 e. The van der Waals surface area contributed by atoms with Gasteiger partial charge in [-0.3, -0.25) is 9.59 Å². The predicted octanol–water partition coefficient (Wildman–Crippen LogP) is 0.977. The van der Waals surface area contributed by atoms with Crippen molar-refractivity contribution in [1.82, 2.24) is 5.32 Å².